The number of hydrogen-bond acceptors (Lipinski definition) is 5. The first-order valence-electron chi connectivity index (χ1n) is 9.96. The average Bonchev–Trinajstić information content (AvgIpc) is 3.43. The number of nitrogens with one attached hydrogen (secondary N) is 1. The molecule has 146 valence electrons. The molecule has 6 nitrogen and oxygen atoms in total. The summed E-state index contributed by atoms with van der Waals surface area (Å²) in [7, 11) is 0. The van der Waals surface area contributed by atoms with Gasteiger partial charge in [-0.2, -0.15) is 0 Å². The number of unbranched alkanes of at least 4 members (excludes halogenated alkanes) is 3. The number of carbonyl (C=O) groups excluding carboxylic acids is 1. The van der Waals surface area contributed by atoms with Gasteiger partial charge in [0.15, 0.2) is 11.0 Å². The number of aromatic nitrogens is 4. The second kappa shape index (κ2) is 9.88. The van der Waals surface area contributed by atoms with Crippen LogP contribution in [0.4, 0.5) is 0 Å². The Morgan fingerprint density at radius 1 is 1.26 bits per heavy atom. The summed E-state index contributed by atoms with van der Waals surface area (Å²) < 4.78 is 2.18. The highest BCUT2D eigenvalue weighted by molar-refractivity contribution is 7.99. The number of rotatable bonds is 11. The highest BCUT2D eigenvalue weighted by Crippen LogP contribution is 2.40. The molecule has 3 rings (SSSR count). The number of thioether (sulfide) groups is 1. The first kappa shape index (κ1) is 19.9. The van der Waals surface area contributed by atoms with Gasteiger partial charge in [0.2, 0.25) is 5.91 Å². The number of amides is 1. The molecule has 0 spiro atoms. The van der Waals surface area contributed by atoms with Crippen LogP contribution in [0.3, 0.4) is 0 Å². The van der Waals surface area contributed by atoms with E-state index in [9.17, 15) is 4.79 Å². The van der Waals surface area contributed by atoms with Gasteiger partial charge in [0, 0.05) is 30.0 Å². The van der Waals surface area contributed by atoms with Crippen LogP contribution in [0.15, 0.2) is 29.7 Å². The minimum Gasteiger partial charge on any atom is -0.353 e. The summed E-state index contributed by atoms with van der Waals surface area (Å²) in [6.45, 7) is 4.30. The predicted molar refractivity (Wildman–Crippen MR) is 109 cm³/mol. The van der Waals surface area contributed by atoms with Gasteiger partial charge in [-0.3, -0.25) is 14.3 Å². The van der Waals surface area contributed by atoms with Crippen molar-refractivity contribution in [3.05, 3.63) is 24.5 Å². The smallest absolute Gasteiger partial charge is 0.230 e. The monoisotopic (exact) mass is 387 g/mol. The second-order valence-corrected chi connectivity index (χ2v) is 8.19. The third-order valence-corrected chi connectivity index (χ3v) is 5.69. The van der Waals surface area contributed by atoms with Crippen molar-refractivity contribution in [1.82, 2.24) is 25.1 Å². The molecule has 0 aromatic carbocycles. The fraction of sp³-hybridized carbons (Fsp3) is 0.600. The Labute approximate surface area is 165 Å². The molecule has 2 aromatic heterocycles. The van der Waals surface area contributed by atoms with Crippen molar-refractivity contribution < 1.29 is 4.79 Å². The molecular formula is C20H29N5OS. The number of nitrogens with zero attached hydrogens (tertiary/aromatic N) is 4. The summed E-state index contributed by atoms with van der Waals surface area (Å²) in [5, 5.41) is 12.7. The molecule has 1 atom stereocenters. The molecule has 0 bridgehead atoms. The minimum absolute atomic E-state index is 0.0683. The van der Waals surface area contributed by atoms with Crippen molar-refractivity contribution in [2.45, 2.75) is 76.0 Å². The number of carbonyl (C=O) groups is 1. The lowest BCUT2D eigenvalue weighted by molar-refractivity contribution is -0.119. The molecular weight excluding hydrogens is 358 g/mol. The molecule has 2 heterocycles. The highest BCUT2D eigenvalue weighted by Gasteiger charge is 2.30. The Morgan fingerprint density at radius 3 is 2.74 bits per heavy atom. The van der Waals surface area contributed by atoms with Crippen molar-refractivity contribution in [2.24, 2.45) is 0 Å². The summed E-state index contributed by atoms with van der Waals surface area (Å²) in [5.74, 6) is 1.31. The van der Waals surface area contributed by atoms with Crippen LogP contribution in [-0.2, 0) is 4.79 Å². The van der Waals surface area contributed by atoms with Gasteiger partial charge < -0.3 is 5.32 Å². The van der Waals surface area contributed by atoms with E-state index in [0.29, 0.717) is 11.8 Å². The first-order chi connectivity index (χ1) is 13.2. The van der Waals surface area contributed by atoms with Crippen molar-refractivity contribution in [3.8, 4) is 11.4 Å². The third-order valence-electron chi connectivity index (χ3n) is 4.75. The van der Waals surface area contributed by atoms with Crippen molar-refractivity contribution in [3.63, 3.8) is 0 Å². The summed E-state index contributed by atoms with van der Waals surface area (Å²) in [4.78, 5) is 16.4. The van der Waals surface area contributed by atoms with E-state index in [2.05, 4.69) is 38.9 Å². The summed E-state index contributed by atoms with van der Waals surface area (Å²) in [6.07, 6.45) is 11.8. The van der Waals surface area contributed by atoms with E-state index in [1.54, 1.807) is 12.4 Å². The lowest BCUT2D eigenvalue weighted by atomic mass is 10.1. The predicted octanol–water partition coefficient (Wildman–Crippen LogP) is 4.24. The molecule has 2 aromatic rings. The average molecular weight is 388 g/mol. The van der Waals surface area contributed by atoms with Gasteiger partial charge in [-0.25, -0.2) is 0 Å². The molecule has 0 unspecified atom stereocenters. The summed E-state index contributed by atoms with van der Waals surface area (Å²) >= 11 is 1.47. The SMILES string of the molecule is CCCCCC[C@H](C)NC(=O)CSc1nnc(-c2ccncc2)n1C1CC1. The van der Waals surface area contributed by atoms with E-state index in [1.165, 1.54) is 37.4 Å². The molecule has 1 aliphatic carbocycles. The fourth-order valence-corrected chi connectivity index (χ4v) is 3.95. The van der Waals surface area contributed by atoms with E-state index in [-0.39, 0.29) is 11.9 Å². The largest absolute Gasteiger partial charge is 0.353 e. The molecule has 0 saturated heterocycles. The van der Waals surface area contributed by atoms with E-state index >= 15 is 0 Å². The van der Waals surface area contributed by atoms with Gasteiger partial charge in [0.25, 0.3) is 0 Å². The van der Waals surface area contributed by atoms with Crippen LogP contribution in [0.1, 0.15) is 64.8 Å². The maximum atomic E-state index is 12.3. The third kappa shape index (κ3) is 5.79. The molecule has 0 aliphatic heterocycles. The molecule has 27 heavy (non-hydrogen) atoms. The van der Waals surface area contributed by atoms with Crippen LogP contribution in [-0.4, -0.2) is 37.5 Å². The molecule has 0 radical (unpaired) electrons. The molecule has 1 saturated carbocycles. The Bertz CT molecular complexity index is 729. The zero-order chi connectivity index (χ0) is 19.1. The van der Waals surface area contributed by atoms with Gasteiger partial charge in [-0.1, -0.05) is 44.4 Å². The van der Waals surface area contributed by atoms with Gasteiger partial charge >= 0.3 is 0 Å². The van der Waals surface area contributed by atoms with Crippen molar-refractivity contribution in [1.29, 1.82) is 0 Å². The standard InChI is InChI=1S/C20H29N5OS/c1-3-4-5-6-7-15(2)22-18(26)14-27-20-24-23-19(25(20)17-8-9-17)16-10-12-21-13-11-16/h10-13,15,17H,3-9,14H2,1-2H3,(H,22,26)/t15-/m0/s1. The van der Waals surface area contributed by atoms with Gasteiger partial charge in [0.05, 0.1) is 5.75 Å². The molecule has 1 fully saturated rings. The normalized spacial score (nSPS) is 14.9. The first-order valence-corrected chi connectivity index (χ1v) is 10.9. The minimum atomic E-state index is 0.0683. The Morgan fingerprint density at radius 2 is 2.04 bits per heavy atom. The topological polar surface area (TPSA) is 72.7 Å². The van der Waals surface area contributed by atoms with E-state index < -0.39 is 0 Å². The van der Waals surface area contributed by atoms with Gasteiger partial charge in [-0.15, -0.1) is 10.2 Å². The van der Waals surface area contributed by atoms with Crippen LogP contribution in [0.25, 0.3) is 11.4 Å². The van der Waals surface area contributed by atoms with Crippen LogP contribution in [0.5, 0.6) is 0 Å². The van der Waals surface area contributed by atoms with Crippen molar-refractivity contribution >= 4 is 17.7 Å². The Kier molecular flexibility index (Phi) is 7.26. The highest BCUT2D eigenvalue weighted by atomic mass is 32.2. The number of pyridine rings is 1. The zero-order valence-electron chi connectivity index (χ0n) is 16.2. The van der Waals surface area contributed by atoms with E-state index in [4.69, 9.17) is 0 Å². The lowest BCUT2D eigenvalue weighted by Crippen LogP contribution is -2.33. The van der Waals surface area contributed by atoms with Crippen LogP contribution in [0, 0.1) is 0 Å². The fourth-order valence-electron chi connectivity index (χ4n) is 3.13. The number of hydrogen-bond donors (Lipinski definition) is 1. The quantitative estimate of drug-likeness (QED) is 0.461. The Hall–Kier alpha value is -1.89. The van der Waals surface area contributed by atoms with Crippen molar-refractivity contribution in [2.75, 3.05) is 5.75 Å². The van der Waals surface area contributed by atoms with E-state index in [1.807, 2.05) is 12.1 Å². The maximum Gasteiger partial charge on any atom is 0.230 e. The van der Waals surface area contributed by atoms with Gasteiger partial charge in [0.1, 0.15) is 0 Å². The van der Waals surface area contributed by atoms with Crippen LogP contribution in [0.2, 0.25) is 0 Å². The second-order valence-electron chi connectivity index (χ2n) is 7.25. The molecule has 7 heteroatoms. The lowest BCUT2D eigenvalue weighted by Gasteiger charge is -2.14. The molecule has 1 amide bonds. The van der Waals surface area contributed by atoms with Crippen LogP contribution >= 0.6 is 11.8 Å². The zero-order valence-corrected chi connectivity index (χ0v) is 17.0. The summed E-state index contributed by atoms with van der Waals surface area (Å²) in [6, 6.07) is 4.57. The molecule has 1 N–H and O–H groups in total. The molecule has 1 aliphatic rings. The summed E-state index contributed by atoms with van der Waals surface area (Å²) in [5.41, 5.74) is 1.02. The van der Waals surface area contributed by atoms with E-state index in [0.717, 1.165) is 35.8 Å². The Balaban J connectivity index is 1.54. The van der Waals surface area contributed by atoms with Crippen LogP contribution < -0.4 is 5.32 Å². The van der Waals surface area contributed by atoms with Gasteiger partial charge in [-0.05, 0) is 38.3 Å². The maximum absolute atomic E-state index is 12.3.